The first-order valence-corrected chi connectivity index (χ1v) is 16.0. The normalized spacial score (nSPS) is 18.2. The number of rotatable bonds is 9. The van der Waals surface area contributed by atoms with Gasteiger partial charge in [0.25, 0.3) is 0 Å². The van der Waals surface area contributed by atoms with E-state index in [4.69, 9.17) is 21.5 Å². The summed E-state index contributed by atoms with van der Waals surface area (Å²) in [5.41, 5.74) is 2.09. The van der Waals surface area contributed by atoms with Crippen LogP contribution in [0.5, 0.6) is 5.75 Å². The number of piperazine rings is 1. The molecule has 0 amide bonds. The van der Waals surface area contributed by atoms with Crippen molar-refractivity contribution in [1.29, 1.82) is 0 Å². The van der Waals surface area contributed by atoms with Crippen molar-refractivity contribution in [2.45, 2.75) is 19.0 Å². The number of hydrogen-bond acceptors (Lipinski definition) is 10. The van der Waals surface area contributed by atoms with Gasteiger partial charge >= 0.3 is 169 Å². The van der Waals surface area contributed by atoms with Gasteiger partial charge in [0.05, 0.1) is 11.6 Å². The van der Waals surface area contributed by atoms with Gasteiger partial charge in [0.1, 0.15) is 5.75 Å². The Bertz CT molecular complexity index is 1320. The van der Waals surface area contributed by atoms with Gasteiger partial charge in [-0.05, 0) is 12.5 Å². The second-order valence-corrected chi connectivity index (χ2v) is 12.9. The zero-order chi connectivity index (χ0) is 29.7. The van der Waals surface area contributed by atoms with Crippen LogP contribution in [0.3, 0.4) is 0 Å². The molecule has 3 aliphatic rings. The van der Waals surface area contributed by atoms with Gasteiger partial charge < -0.3 is 15.0 Å². The van der Waals surface area contributed by atoms with E-state index < -0.39 is 36.7 Å². The molecule has 3 heterocycles. The summed E-state index contributed by atoms with van der Waals surface area (Å²) in [6.45, 7) is 6.88. The molecule has 1 fully saturated rings. The summed E-state index contributed by atoms with van der Waals surface area (Å²) in [4.78, 5) is 8.85. The minimum absolute atomic E-state index is 0.181. The minimum atomic E-state index is -4.64. The summed E-state index contributed by atoms with van der Waals surface area (Å²) in [5.74, 6) is 1.31. The van der Waals surface area contributed by atoms with Crippen LogP contribution in [0, 0.1) is 8.78 Å². The molecule has 2 aromatic rings. The van der Waals surface area contributed by atoms with Gasteiger partial charge in [-0.1, -0.05) is 11.6 Å². The quantitative estimate of drug-likeness (QED) is 0.130. The van der Waals surface area contributed by atoms with Crippen LogP contribution in [-0.4, -0.2) is 78.5 Å². The third kappa shape index (κ3) is 7.98. The number of nitrogens with zero attached hydrogens (tertiary/aromatic N) is 4. The number of amidine groups is 1. The first-order valence-electron chi connectivity index (χ1n) is 13.6. The number of ether oxygens (including phenoxy) is 1. The van der Waals surface area contributed by atoms with Crippen molar-refractivity contribution in [1.82, 2.24) is 19.0 Å². The van der Waals surface area contributed by atoms with Crippen LogP contribution in [0.25, 0.3) is 0 Å². The molecule has 1 saturated heterocycles. The zero-order valence-electron chi connectivity index (χ0n) is 22.7. The Labute approximate surface area is 257 Å². The van der Waals surface area contributed by atoms with Crippen LogP contribution in [-0.2, 0) is 6.18 Å². The molecule has 15 heteroatoms. The Morgan fingerprint density at radius 3 is 2.71 bits per heavy atom. The molecule has 0 spiro atoms. The summed E-state index contributed by atoms with van der Waals surface area (Å²) < 4.78 is 46.4. The van der Waals surface area contributed by atoms with E-state index in [9.17, 15) is 18.4 Å². The van der Waals surface area contributed by atoms with Crippen molar-refractivity contribution >= 4 is 28.8 Å². The Balaban J connectivity index is 1.20. The number of nitrogens with one attached hydrogen (secondary N) is 3. The predicted molar refractivity (Wildman–Crippen MR) is 151 cm³/mol. The van der Waals surface area contributed by atoms with Gasteiger partial charge in [0, 0.05) is 32.7 Å². The summed E-state index contributed by atoms with van der Waals surface area (Å²) in [7, 11) is 0. The predicted octanol–water partition coefficient (Wildman–Crippen LogP) is 0.931. The molecule has 0 aromatic heterocycles. The summed E-state index contributed by atoms with van der Waals surface area (Å²) >= 11 is 4.64. The maximum atomic E-state index is 13.7. The molecule has 0 unspecified atom stereocenters. The number of aliphatic imine (C=N–C) groups is 1. The molecule has 4 N–H and O–H groups in total. The Morgan fingerprint density at radius 2 is 1.98 bits per heavy atom. The van der Waals surface area contributed by atoms with Crippen molar-refractivity contribution in [3.63, 3.8) is 0 Å². The van der Waals surface area contributed by atoms with Gasteiger partial charge in [-0.2, -0.15) is 0 Å². The number of alkyl halides is 3. The Kier molecular flexibility index (Phi) is 10.3. The molecular weight excluding hydrogens is 690 g/mol. The second-order valence-electron chi connectivity index (χ2n) is 10.0. The van der Waals surface area contributed by atoms with Gasteiger partial charge in [-0.25, -0.2) is 0 Å². The maximum absolute atomic E-state index is 13.7. The van der Waals surface area contributed by atoms with Crippen LogP contribution < -0.4 is 47.1 Å². The van der Waals surface area contributed by atoms with E-state index in [2.05, 4.69) is 25.8 Å². The van der Waals surface area contributed by atoms with Gasteiger partial charge in [0.15, 0.2) is 0 Å². The molecule has 5 rings (SSSR count). The molecule has 0 bridgehead atoms. The molecule has 2 aromatic carbocycles. The van der Waals surface area contributed by atoms with Crippen LogP contribution in [0.2, 0.25) is 5.02 Å². The molecule has 3 aliphatic heterocycles. The zero-order valence-corrected chi connectivity index (χ0v) is 25.6. The molecule has 230 valence electrons. The standard InChI is InChI=1S/C27H32ClF3IN7O3/c28-22-14-18(2-5-25(22)42-13-1-9-37-11-7-33-8-12-37)36-26-20-6-10-38(16-24(20)34-17-35-26)19-3-4-23(32-39(40)41)21(15-19)27(29,30)31/h2-5,14-15,33-34,40H,1,6-13,16-17H2,(H,35,36)/q-2. The number of benzene rings is 2. The van der Waals surface area contributed by atoms with Crippen LogP contribution in [0.1, 0.15) is 18.4 Å². The van der Waals surface area contributed by atoms with E-state index in [1.807, 2.05) is 17.0 Å². The van der Waals surface area contributed by atoms with Gasteiger partial charge in [-0.15, -0.1) is 0 Å². The Hall–Kier alpha value is -2.34. The fourth-order valence-corrected chi connectivity index (χ4v) is 6.89. The second kappa shape index (κ2) is 14.0. The molecule has 0 atom stereocenters. The number of hydrogen-bond donors (Lipinski definition) is 4. The summed E-state index contributed by atoms with van der Waals surface area (Å²) in [6, 6.07) is 9.41. The van der Waals surface area contributed by atoms with Crippen LogP contribution >= 0.6 is 11.6 Å². The third-order valence-corrected chi connectivity index (χ3v) is 9.39. The monoisotopic (exact) mass is 721 g/mol. The molecule has 0 radical (unpaired) electrons. The van der Waals surface area contributed by atoms with Gasteiger partial charge in [0.2, 0.25) is 0 Å². The van der Waals surface area contributed by atoms with Crippen LogP contribution in [0.4, 0.5) is 24.5 Å². The van der Waals surface area contributed by atoms with E-state index in [0.29, 0.717) is 55.1 Å². The molecule has 10 nitrogen and oxygen atoms in total. The third-order valence-electron chi connectivity index (χ3n) is 7.22. The summed E-state index contributed by atoms with van der Waals surface area (Å²) in [6.07, 6.45) is -3.17. The number of halogens is 5. The molecule has 0 saturated carbocycles. The van der Waals surface area contributed by atoms with E-state index in [0.717, 1.165) is 62.2 Å². The number of anilines is 2. The molecule has 0 aliphatic carbocycles. The van der Waals surface area contributed by atoms with Crippen molar-refractivity contribution in [2.24, 2.45) is 4.99 Å². The molecular formula is C27H32ClF3IN7O3-2. The fourth-order valence-electron chi connectivity index (χ4n) is 5.15. The average molecular weight is 722 g/mol. The van der Waals surface area contributed by atoms with E-state index >= 15 is 0 Å². The van der Waals surface area contributed by atoms with E-state index in [-0.39, 0.29) is 3.57 Å². The van der Waals surface area contributed by atoms with Crippen molar-refractivity contribution in [3.8, 4) is 5.75 Å². The fraction of sp³-hybridized carbons (Fsp3) is 0.444. The SMILES string of the molecule is [O-]N(O)[I-]c1ccc(N2CCC3=C(C2)NCN=C3Nc2ccc(OCCCN3CCNCC3)c(Cl)c2)cc1C(F)(F)F. The first-order chi connectivity index (χ1) is 20.2. The average Bonchev–Trinajstić information content (AvgIpc) is 2.96. The van der Waals surface area contributed by atoms with Crippen molar-refractivity contribution < 1.29 is 44.6 Å². The van der Waals surface area contributed by atoms with Crippen molar-refractivity contribution in [2.75, 3.05) is 69.3 Å². The van der Waals surface area contributed by atoms with Gasteiger partial charge in [-0.3, -0.25) is 0 Å². The Morgan fingerprint density at radius 1 is 1.17 bits per heavy atom. The molecule has 42 heavy (non-hydrogen) atoms. The first kappa shape index (κ1) is 31.1. The topological polar surface area (TPSA) is 111 Å². The van der Waals surface area contributed by atoms with E-state index in [1.165, 1.54) is 6.07 Å². The van der Waals surface area contributed by atoms with E-state index in [1.54, 1.807) is 12.1 Å². The van der Waals surface area contributed by atoms with Crippen molar-refractivity contribution in [3.05, 3.63) is 67.0 Å². The van der Waals surface area contributed by atoms with Crippen LogP contribution in [0.15, 0.2) is 52.7 Å². The summed E-state index contributed by atoms with van der Waals surface area (Å²) in [5, 5.41) is 30.5.